The highest BCUT2D eigenvalue weighted by Crippen LogP contribution is 2.31. The lowest BCUT2D eigenvalue weighted by molar-refractivity contribution is -0.0511. The van der Waals surface area contributed by atoms with Gasteiger partial charge in [-0.1, -0.05) is 12.8 Å². The summed E-state index contributed by atoms with van der Waals surface area (Å²) in [7, 11) is 0. The molecule has 0 bridgehead atoms. The standard InChI is InChI=1S/C10H13N5O5S/c11-10-13-7(19)4-8(15(10)21)14(2-12-4)9-6(18)5(17)3(1-16)20-9/h2-3,5-6,9,16-18,21H,1H2,(H2,11,13,19). The Labute approximate surface area is 123 Å². The van der Waals surface area contributed by atoms with Crippen molar-refractivity contribution in [3.63, 3.8) is 0 Å². The molecule has 2 aromatic heterocycles. The quantitative estimate of drug-likeness (QED) is 0.381. The molecule has 0 radical (unpaired) electrons. The third-order valence-electron chi connectivity index (χ3n) is 3.40. The molecule has 2 aromatic rings. The summed E-state index contributed by atoms with van der Waals surface area (Å²) in [5.41, 5.74) is 5.10. The van der Waals surface area contributed by atoms with Crippen LogP contribution < -0.4 is 11.3 Å². The van der Waals surface area contributed by atoms with Crippen LogP contribution >= 0.6 is 12.8 Å². The fourth-order valence-electron chi connectivity index (χ4n) is 2.32. The number of fused-ring (bicyclic) bond motifs is 1. The number of ether oxygens (including phenoxy) is 1. The third kappa shape index (κ3) is 2.01. The van der Waals surface area contributed by atoms with Crippen molar-refractivity contribution in [2.24, 2.45) is 0 Å². The SMILES string of the molecule is Nc1nc(=O)c2ncn(C3OC(CO)C(O)C3O)c2n1S. The molecular weight excluding hydrogens is 302 g/mol. The predicted octanol–water partition coefficient (Wildman–Crippen LogP) is -2.52. The predicted molar refractivity (Wildman–Crippen MR) is 73.6 cm³/mol. The molecule has 3 rings (SSSR count). The van der Waals surface area contributed by atoms with Gasteiger partial charge in [0.1, 0.15) is 18.3 Å². The maximum atomic E-state index is 11.7. The maximum absolute atomic E-state index is 11.7. The van der Waals surface area contributed by atoms with Crippen molar-refractivity contribution < 1.29 is 20.1 Å². The van der Waals surface area contributed by atoms with E-state index in [0.29, 0.717) is 0 Å². The Hall–Kier alpha value is -1.66. The van der Waals surface area contributed by atoms with Crippen LogP contribution in [0.5, 0.6) is 0 Å². The van der Waals surface area contributed by atoms with Gasteiger partial charge < -0.3 is 25.8 Å². The number of nitrogens with two attached hydrogens (primary N) is 1. The molecule has 0 saturated carbocycles. The van der Waals surface area contributed by atoms with Gasteiger partial charge in [-0.3, -0.25) is 9.36 Å². The van der Waals surface area contributed by atoms with Gasteiger partial charge in [-0.15, -0.1) is 0 Å². The van der Waals surface area contributed by atoms with Crippen LogP contribution in [0, 0.1) is 0 Å². The number of thiol groups is 1. The number of nitrogens with zero attached hydrogens (tertiary/aromatic N) is 4. The van der Waals surface area contributed by atoms with Gasteiger partial charge in [0.2, 0.25) is 5.95 Å². The highest BCUT2D eigenvalue weighted by molar-refractivity contribution is 7.78. The van der Waals surface area contributed by atoms with Crippen LogP contribution in [0.3, 0.4) is 0 Å². The monoisotopic (exact) mass is 315 g/mol. The number of hydrogen-bond donors (Lipinski definition) is 5. The van der Waals surface area contributed by atoms with Crippen molar-refractivity contribution in [2.75, 3.05) is 12.3 Å². The third-order valence-corrected chi connectivity index (χ3v) is 3.79. The van der Waals surface area contributed by atoms with E-state index in [1.165, 1.54) is 10.9 Å². The molecule has 11 heteroatoms. The molecule has 10 nitrogen and oxygen atoms in total. The van der Waals surface area contributed by atoms with Crippen LogP contribution in [-0.2, 0) is 4.74 Å². The van der Waals surface area contributed by atoms with Gasteiger partial charge >= 0.3 is 5.56 Å². The molecule has 0 aliphatic carbocycles. The number of aliphatic hydroxyl groups is 3. The summed E-state index contributed by atoms with van der Waals surface area (Å²) in [5.74, 6) is -0.149. The highest BCUT2D eigenvalue weighted by atomic mass is 32.1. The van der Waals surface area contributed by atoms with E-state index in [4.69, 9.17) is 15.6 Å². The molecular formula is C10H13N5O5S. The lowest BCUT2D eigenvalue weighted by Gasteiger charge is -2.18. The zero-order valence-corrected chi connectivity index (χ0v) is 11.5. The second kappa shape index (κ2) is 4.96. The number of hydrogen-bond acceptors (Lipinski definition) is 9. The molecule has 0 amide bonds. The lowest BCUT2D eigenvalue weighted by atomic mass is 10.1. The minimum atomic E-state index is -1.31. The van der Waals surface area contributed by atoms with Crippen LogP contribution in [0.1, 0.15) is 6.23 Å². The Balaban J connectivity index is 2.16. The molecule has 5 N–H and O–H groups in total. The first-order valence-corrected chi connectivity index (χ1v) is 6.42. The van der Waals surface area contributed by atoms with Crippen molar-refractivity contribution >= 4 is 29.9 Å². The van der Waals surface area contributed by atoms with Gasteiger partial charge in [0.15, 0.2) is 17.4 Å². The molecule has 1 aliphatic rings. The first-order chi connectivity index (χ1) is 9.95. The minimum Gasteiger partial charge on any atom is -0.394 e. The second-order valence-electron chi connectivity index (χ2n) is 4.64. The minimum absolute atomic E-state index is 0.00283. The van der Waals surface area contributed by atoms with E-state index in [1.807, 2.05) is 0 Å². The number of nitrogen functional groups attached to an aromatic ring is 1. The molecule has 21 heavy (non-hydrogen) atoms. The molecule has 1 aliphatic heterocycles. The van der Waals surface area contributed by atoms with Gasteiger partial charge in [-0.25, -0.2) is 8.96 Å². The highest BCUT2D eigenvalue weighted by Gasteiger charge is 2.44. The Bertz CT molecular complexity index is 745. The van der Waals surface area contributed by atoms with Gasteiger partial charge in [0.05, 0.1) is 12.9 Å². The van der Waals surface area contributed by atoms with E-state index in [9.17, 15) is 15.0 Å². The summed E-state index contributed by atoms with van der Waals surface area (Å²) >= 11 is 4.12. The van der Waals surface area contributed by atoms with E-state index in [0.717, 1.165) is 3.97 Å². The maximum Gasteiger partial charge on any atom is 0.302 e. The zero-order chi connectivity index (χ0) is 15.3. The van der Waals surface area contributed by atoms with Crippen molar-refractivity contribution in [1.29, 1.82) is 0 Å². The topological polar surface area (TPSA) is 149 Å². The number of rotatable bonds is 2. The molecule has 0 spiro atoms. The first-order valence-electron chi connectivity index (χ1n) is 6.02. The molecule has 3 heterocycles. The van der Waals surface area contributed by atoms with Crippen molar-refractivity contribution in [1.82, 2.24) is 18.5 Å². The molecule has 4 unspecified atom stereocenters. The summed E-state index contributed by atoms with van der Waals surface area (Å²) in [6, 6.07) is 0. The average molecular weight is 315 g/mol. The Morgan fingerprint density at radius 2 is 2.14 bits per heavy atom. The van der Waals surface area contributed by atoms with Crippen LogP contribution in [0.25, 0.3) is 11.2 Å². The Kier molecular flexibility index (Phi) is 3.37. The number of anilines is 1. The molecule has 1 saturated heterocycles. The second-order valence-corrected chi connectivity index (χ2v) is 5.04. The smallest absolute Gasteiger partial charge is 0.302 e. The summed E-state index contributed by atoms with van der Waals surface area (Å²) in [6.07, 6.45) is -3.31. The fraction of sp³-hybridized carbons (Fsp3) is 0.500. The zero-order valence-electron chi connectivity index (χ0n) is 10.6. The van der Waals surface area contributed by atoms with Gasteiger partial charge in [-0.2, -0.15) is 4.98 Å². The fourth-order valence-corrected chi connectivity index (χ4v) is 2.57. The molecule has 1 fully saturated rings. The molecule has 0 aromatic carbocycles. The van der Waals surface area contributed by atoms with E-state index < -0.39 is 36.7 Å². The van der Waals surface area contributed by atoms with E-state index in [2.05, 4.69) is 22.8 Å². The number of aromatic nitrogens is 4. The van der Waals surface area contributed by atoms with Crippen LogP contribution in [0.2, 0.25) is 0 Å². The van der Waals surface area contributed by atoms with E-state index in [-0.39, 0.29) is 17.1 Å². The number of imidazole rings is 1. The normalized spacial score (nSPS) is 29.3. The first kappa shape index (κ1) is 14.3. The van der Waals surface area contributed by atoms with E-state index in [1.54, 1.807) is 0 Å². The number of aliphatic hydroxyl groups excluding tert-OH is 3. The Morgan fingerprint density at radius 1 is 1.43 bits per heavy atom. The summed E-state index contributed by atoms with van der Waals surface area (Å²) in [6.45, 7) is -0.460. The summed E-state index contributed by atoms with van der Waals surface area (Å²) in [5, 5.41) is 28.9. The van der Waals surface area contributed by atoms with Gasteiger partial charge in [-0.05, 0) is 0 Å². The van der Waals surface area contributed by atoms with Gasteiger partial charge in [0, 0.05) is 0 Å². The Morgan fingerprint density at radius 3 is 2.76 bits per heavy atom. The summed E-state index contributed by atoms with van der Waals surface area (Å²) < 4.78 is 7.82. The lowest BCUT2D eigenvalue weighted by Crippen LogP contribution is -2.33. The van der Waals surface area contributed by atoms with Crippen molar-refractivity contribution in [3.8, 4) is 0 Å². The van der Waals surface area contributed by atoms with Crippen LogP contribution in [0.4, 0.5) is 5.95 Å². The van der Waals surface area contributed by atoms with Crippen molar-refractivity contribution in [3.05, 3.63) is 16.7 Å². The van der Waals surface area contributed by atoms with Crippen LogP contribution in [-0.4, -0.2) is 58.7 Å². The molecule has 114 valence electrons. The average Bonchev–Trinajstić information content (AvgIpc) is 3.00. The largest absolute Gasteiger partial charge is 0.394 e. The van der Waals surface area contributed by atoms with Gasteiger partial charge in [0.25, 0.3) is 0 Å². The van der Waals surface area contributed by atoms with E-state index >= 15 is 0 Å². The van der Waals surface area contributed by atoms with Crippen LogP contribution in [0.15, 0.2) is 11.1 Å². The summed E-state index contributed by atoms with van der Waals surface area (Å²) in [4.78, 5) is 19.2. The molecule has 4 atom stereocenters. The van der Waals surface area contributed by atoms with Crippen molar-refractivity contribution in [2.45, 2.75) is 24.5 Å².